The predicted molar refractivity (Wildman–Crippen MR) is 110 cm³/mol. The van der Waals surface area contributed by atoms with Gasteiger partial charge in [-0.15, -0.1) is 0 Å². The van der Waals surface area contributed by atoms with E-state index < -0.39 is 5.92 Å². The summed E-state index contributed by atoms with van der Waals surface area (Å²) in [5.74, 6) is -1.07. The van der Waals surface area contributed by atoms with Crippen LogP contribution in [-0.4, -0.2) is 10.5 Å². The quantitative estimate of drug-likeness (QED) is 0.705. The molecule has 144 valence electrons. The molecular formula is C22H22FN3O2. The normalized spacial score (nSPS) is 13.1. The van der Waals surface area contributed by atoms with Crippen molar-refractivity contribution in [2.24, 2.45) is 5.73 Å². The molecule has 0 aliphatic heterocycles. The summed E-state index contributed by atoms with van der Waals surface area (Å²) in [5.41, 5.74) is 7.17. The molecule has 1 amide bonds. The van der Waals surface area contributed by atoms with Crippen molar-refractivity contribution in [3.05, 3.63) is 88.7 Å². The summed E-state index contributed by atoms with van der Waals surface area (Å²) in [6.45, 7) is 7.24. The summed E-state index contributed by atoms with van der Waals surface area (Å²) in [5, 5.41) is 3.99. The van der Waals surface area contributed by atoms with Crippen LogP contribution >= 0.6 is 0 Å². The second-order valence-corrected chi connectivity index (χ2v) is 6.81. The number of anilines is 1. The van der Waals surface area contributed by atoms with E-state index in [9.17, 15) is 14.0 Å². The second-order valence-electron chi connectivity index (χ2n) is 6.81. The first kappa shape index (κ1) is 19.4. The van der Waals surface area contributed by atoms with E-state index in [-0.39, 0.29) is 23.3 Å². The van der Waals surface area contributed by atoms with Gasteiger partial charge in [0, 0.05) is 28.4 Å². The van der Waals surface area contributed by atoms with Gasteiger partial charge in [-0.25, -0.2) is 4.39 Å². The van der Waals surface area contributed by atoms with E-state index in [1.54, 1.807) is 56.4 Å². The van der Waals surface area contributed by atoms with Crippen LogP contribution in [0.2, 0.25) is 0 Å². The largest absolute Gasteiger partial charge is 0.401 e. The van der Waals surface area contributed by atoms with E-state index in [2.05, 4.69) is 11.9 Å². The van der Waals surface area contributed by atoms with Gasteiger partial charge in [0.05, 0.1) is 12.0 Å². The first-order chi connectivity index (χ1) is 13.3. The van der Waals surface area contributed by atoms with Crippen molar-refractivity contribution < 1.29 is 9.18 Å². The van der Waals surface area contributed by atoms with Crippen LogP contribution in [0.25, 0.3) is 10.8 Å². The van der Waals surface area contributed by atoms with Crippen LogP contribution in [0.3, 0.4) is 0 Å². The number of nitrogens with two attached hydrogens (primary N) is 1. The highest BCUT2D eigenvalue weighted by Gasteiger charge is 2.17. The Balaban J connectivity index is 1.94. The summed E-state index contributed by atoms with van der Waals surface area (Å²) < 4.78 is 14.6. The Hall–Kier alpha value is -3.41. The van der Waals surface area contributed by atoms with E-state index in [0.29, 0.717) is 27.7 Å². The highest BCUT2D eigenvalue weighted by molar-refractivity contribution is 6.03. The number of hydrogen-bond acceptors (Lipinski definition) is 3. The van der Waals surface area contributed by atoms with Crippen LogP contribution in [0.5, 0.6) is 0 Å². The number of fused-ring (bicyclic) bond motifs is 1. The van der Waals surface area contributed by atoms with E-state index in [4.69, 9.17) is 5.73 Å². The molecule has 0 spiro atoms. The molecule has 5 nitrogen and oxygen atoms in total. The summed E-state index contributed by atoms with van der Waals surface area (Å²) in [7, 11) is 0. The molecule has 3 rings (SSSR count). The van der Waals surface area contributed by atoms with Crippen molar-refractivity contribution >= 4 is 22.4 Å². The molecule has 0 aliphatic rings. The molecule has 28 heavy (non-hydrogen) atoms. The third kappa shape index (κ3) is 3.67. The number of carbonyl (C=O) groups is 1. The zero-order valence-corrected chi connectivity index (χ0v) is 15.8. The fourth-order valence-corrected chi connectivity index (χ4v) is 3.03. The lowest BCUT2D eigenvalue weighted by molar-refractivity contribution is -0.117. The maximum absolute atomic E-state index is 13.1. The van der Waals surface area contributed by atoms with Crippen LogP contribution in [0.15, 0.2) is 71.8 Å². The van der Waals surface area contributed by atoms with Crippen molar-refractivity contribution in [1.29, 1.82) is 0 Å². The number of amides is 1. The maximum Gasteiger partial charge on any atom is 0.259 e. The van der Waals surface area contributed by atoms with Gasteiger partial charge in [0.25, 0.3) is 5.56 Å². The number of halogens is 1. The highest BCUT2D eigenvalue weighted by atomic mass is 19.1. The molecule has 2 atom stereocenters. The Morgan fingerprint density at radius 3 is 2.43 bits per heavy atom. The first-order valence-corrected chi connectivity index (χ1v) is 8.94. The van der Waals surface area contributed by atoms with Gasteiger partial charge in [-0.1, -0.05) is 24.8 Å². The van der Waals surface area contributed by atoms with Crippen LogP contribution in [0.1, 0.15) is 31.4 Å². The van der Waals surface area contributed by atoms with Gasteiger partial charge in [-0.2, -0.15) is 0 Å². The number of carbonyl (C=O) groups excluding carboxylic acids is 1. The van der Waals surface area contributed by atoms with Crippen LogP contribution in [-0.2, 0) is 4.79 Å². The third-order valence-electron chi connectivity index (χ3n) is 4.95. The fourth-order valence-electron chi connectivity index (χ4n) is 3.03. The van der Waals surface area contributed by atoms with E-state index >= 15 is 0 Å². The molecule has 0 radical (unpaired) electrons. The standard InChI is InChI=1S/C22H22FN3O2/c1-13(16-7-9-17(23)10-8-16)21(27)25-20-6-4-5-19-18(20)11-12-26(22(19)28)15(3)14(2)24/h4-13,15H,2,24H2,1,3H3,(H,25,27)/t13?,15-/m1/s1. The van der Waals surface area contributed by atoms with Gasteiger partial charge in [-0.3, -0.25) is 9.59 Å². The molecule has 0 aliphatic carbocycles. The smallest absolute Gasteiger partial charge is 0.259 e. The number of allylic oxidation sites excluding steroid dienone is 1. The number of pyridine rings is 1. The van der Waals surface area contributed by atoms with Crippen LogP contribution in [0, 0.1) is 5.82 Å². The molecule has 0 bridgehead atoms. The molecule has 1 unspecified atom stereocenters. The lowest BCUT2D eigenvalue weighted by Crippen LogP contribution is -2.26. The maximum atomic E-state index is 13.1. The summed E-state index contributed by atoms with van der Waals surface area (Å²) in [6.07, 6.45) is 1.65. The van der Waals surface area contributed by atoms with Crippen molar-refractivity contribution in [2.45, 2.75) is 25.8 Å². The molecule has 2 aromatic carbocycles. The van der Waals surface area contributed by atoms with Gasteiger partial charge >= 0.3 is 0 Å². The third-order valence-corrected chi connectivity index (χ3v) is 4.95. The lowest BCUT2D eigenvalue weighted by atomic mass is 10.00. The zero-order chi connectivity index (χ0) is 20.4. The topological polar surface area (TPSA) is 77.1 Å². The first-order valence-electron chi connectivity index (χ1n) is 8.94. The molecule has 0 saturated carbocycles. The van der Waals surface area contributed by atoms with Crippen molar-refractivity contribution in [3.63, 3.8) is 0 Å². The molecule has 0 fully saturated rings. The Bertz CT molecular complexity index is 1100. The average molecular weight is 379 g/mol. The Morgan fingerprint density at radius 2 is 1.79 bits per heavy atom. The molecule has 6 heteroatoms. The second kappa shape index (κ2) is 7.68. The summed E-state index contributed by atoms with van der Waals surface area (Å²) >= 11 is 0. The predicted octanol–water partition coefficient (Wildman–Crippen LogP) is 3.92. The monoisotopic (exact) mass is 379 g/mol. The van der Waals surface area contributed by atoms with E-state index in [1.165, 1.54) is 16.7 Å². The van der Waals surface area contributed by atoms with Gasteiger partial charge in [0.15, 0.2) is 0 Å². The Morgan fingerprint density at radius 1 is 1.11 bits per heavy atom. The molecule has 1 aromatic heterocycles. The van der Waals surface area contributed by atoms with E-state index in [1.807, 2.05) is 0 Å². The molecule has 0 saturated heterocycles. The van der Waals surface area contributed by atoms with Gasteiger partial charge in [-0.05, 0) is 49.7 Å². The zero-order valence-electron chi connectivity index (χ0n) is 15.8. The SMILES string of the molecule is C=C(N)[C@@H](C)n1ccc2c(NC(=O)C(C)c3ccc(F)cc3)cccc2c1=O. The van der Waals surface area contributed by atoms with Crippen molar-refractivity contribution in [1.82, 2.24) is 4.57 Å². The van der Waals surface area contributed by atoms with Gasteiger partial charge in [0.1, 0.15) is 5.82 Å². The molecular weight excluding hydrogens is 357 g/mol. The van der Waals surface area contributed by atoms with Gasteiger partial charge < -0.3 is 15.6 Å². The minimum atomic E-state index is -0.475. The number of aromatic nitrogens is 1. The molecule has 3 N–H and O–H groups in total. The number of benzene rings is 2. The van der Waals surface area contributed by atoms with Crippen molar-refractivity contribution in [3.8, 4) is 0 Å². The minimum absolute atomic E-state index is 0.209. The Kier molecular flexibility index (Phi) is 5.31. The summed E-state index contributed by atoms with van der Waals surface area (Å²) in [6, 6.07) is 12.4. The average Bonchev–Trinajstić information content (AvgIpc) is 2.68. The highest BCUT2D eigenvalue weighted by Crippen LogP contribution is 2.24. The molecule has 1 heterocycles. The van der Waals surface area contributed by atoms with Crippen LogP contribution in [0.4, 0.5) is 10.1 Å². The summed E-state index contributed by atoms with van der Waals surface area (Å²) in [4.78, 5) is 25.5. The van der Waals surface area contributed by atoms with Crippen LogP contribution < -0.4 is 16.6 Å². The Labute approximate surface area is 162 Å². The number of rotatable bonds is 5. The number of nitrogens with one attached hydrogen (secondary N) is 1. The van der Waals surface area contributed by atoms with Gasteiger partial charge in [0.2, 0.25) is 5.91 Å². The number of hydrogen-bond donors (Lipinski definition) is 2. The fraction of sp³-hybridized carbons (Fsp3) is 0.182. The minimum Gasteiger partial charge on any atom is -0.401 e. The van der Waals surface area contributed by atoms with Crippen molar-refractivity contribution in [2.75, 3.05) is 5.32 Å². The molecule has 3 aromatic rings. The lowest BCUT2D eigenvalue weighted by Gasteiger charge is -2.17. The van der Waals surface area contributed by atoms with E-state index in [0.717, 1.165) is 0 Å². The number of nitrogens with zero attached hydrogens (tertiary/aromatic N) is 1.